The van der Waals surface area contributed by atoms with Crippen LogP contribution in [0.3, 0.4) is 0 Å². The van der Waals surface area contributed by atoms with Gasteiger partial charge in [0.15, 0.2) is 0 Å². The fourth-order valence-corrected chi connectivity index (χ4v) is 2.58. The van der Waals surface area contributed by atoms with Crippen LogP contribution in [0.15, 0.2) is 30.5 Å². The number of carboxylic acid groups (broad SMARTS) is 1. The van der Waals surface area contributed by atoms with Crippen LogP contribution in [0.2, 0.25) is 0 Å². The van der Waals surface area contributed by atoms with Gasteiger partial charge in [-0.05, 0) is 34.7 Å². The molecule has 0 aliphatic carbocycles. The van der Waals surface area contributed by atoms with Crippen LogP contribution < -0.4 is 0 Å². The molecule has 0 bridgehead atoms. The SMILES string of the molecule is O=C(O)c1cccc(-c2ncc(I)s2)c1. The smallest absolute Gasteiger partial charge is 0.335 e. The van der Waals surface area contributed by atoms with Crippen molar-refractivity contribution in [2.75, 3.05) is 0 Å². The quantitative estimate of drug-likeness (QED) is 0.861. The minimum Gasteiger partial charge on any atom is -0.478 e. The van der Waals surface area contributed by atoms with Crippen molar-refractivity contribution in [1.29, 1.82) is 0 Å². The number of nitrogens with zero attached hydrogens (tertiary/aromatic N) is 1. The molecule has 0 aliphatic heterocycles. The molecule has 1 aromatic heterocycles. The van der Waals surface area contributed by atoms with Gasteiger partial charge in [-0.3, -0.25) is 0 Å². The zero-order chi connectivity index (χ0) is 10.8. The predicted molar refractivity (Wildman–Crippen MR) is 67.2 cm³/mol. The van der Waals surface area contributed by atoms with E-state index >= 15 is 0 Å². The molecule has 3 nitrogen and oxygen atoms in total. The van der Waals surface area contributed by atoms with Crippen molar-refractivity contribution in [3.63, 3.8) is 0 Å². The number of benzene rings is 1. The highest BCUT2D eigenvalue weighted by molar-refractivity contribution is 14.1. The molecule has 1 heterocycles. The third-order valence-corrected chi connectivity index (χ3v) is 3.61. The number of hydrogen-bond acceptors (Lipinski definition) is 3. The summed E-state index contributed by atoms with van der Waals surface area (Å²) < 4.78 is 1.09. The minimum atomic E-state index is -0.914. The Bertz CT molecular complexity index is 510. The summed E-state index contributed by atoms with van der Waals surface area (Å²) in [5.74, 6) is -0.914. The summed E-state index contributed by atoms with van der Waals surface area (Å²) in [5.41, 5.74) is 1.14. The normalized spacial score (nSPS) is 10.2. The van der Waals surface area contributed by atoms with Gasteiger partial charge < -0.3 is 5.11 Å². The molecule has 1 N–H and O–H groups in total. The first-order valence-electron chi connectivity index (χ1n) is 4.12. The molecule has 0 spiro atoms. The molecule has 0 atom stereocenters. The van der Waals surface area contributed by atoms with Gasteiger partial charge in [-0.2, -0.15) is 0 Å². The van der Waals surface area contributed by atoms with Crippen molar-refractivity contribution in [1.82, 2.24) is 4.98 Å². The monoisotopic (exact) mass is 331 g/mol. The maximum absolute atomic E-state index is 10.8. The number of hydrogen-bond donors (Lipinski definition) is 1. The summed E-state index contributed by atoms with van der Waals surface area (Å²) in [6.45, 7) is 0. The van der Waals surface area contributed by atoms with Gasteiger partial charge in [0.2, 0.25) is 0 Å². The number of carboxylic acids is 1. The molecule has 0 amide bonds. The molecule has 15 heavy (non-hydrogen) atoms. The molecule has 2 rings (SSSR count). The van der Waals surface area contributed by atoms with E-state index in [9.17, 15) is 4.79 Å². The lowest BCUT2D eigenvalue weighted by atomic mass is 10.1. The zero-order valence-electron chi connectivity index (χ0n) is 7.48. The average molecular weight is 331 g/mol. The summed E-state index contributed by atoms with van der Waals surface area (Å²) >= 11 is 3.73. The summed E-state index contributed by atoms with van der Waals surface area (Å²) in [6, 6.07) is 6.80. The van der Waals surface area contributed by atoms with E-state index in [4.69, 9.17) is 5.11 Å². The van der Waals surface area contributed by atoms with E-state index < -0.39 is 5.97 Å². The number of carbonyl (C=O) groups is 1. The molecule has 5 heteroatoms. The fraction of sp³-hybridized carbons (Fsp3) is 0. The van der Waals surface area contributed by atoms with Crippen LogP contribution in [0.4, 0.5) is 0 Å². The molecule has 0 aliphatic rings. The van der Waals surface area contributed by atoms with Gasteiger partial charge in [0, 0.05) is 5.56 Å². The molecule has 0 saturated heterocycles. The number of aromatic nitrogens is 1. The van der Waals surface area contributed by atoms with Gasteiger partial charge in [0.25, 0.3) is 0 Å². The van der Waals surface area contributed by atoms with Crippen LogP contribution in [0.25, 0.3) is 10.6 Å². The van der Waals surface area contributed by atoms with E-state index in [0.29, 0.717) is 0 Å². The van der Waals surface area contributed by atoms with Crippen LogP contribution in [0.5, 0.6) is 0 Å². The fourth-order valence-electron chi connectivity index (χ4n) is 1.17. The van der Waals surface area contributed by atoms with Crippen molar-refractivity contribution in [2.45, 2.75) is 0 Å². The lowest BCUT2D eigenvalue weighted by molar-refractivity contribution is 0.0697. The third kappa shape index (κ3) is 2.35. The van der Waals surface area contributed by atoms with Gasteiger partial charge in [0.05, 0.1) is 14.6 Å². The van der Waals surface area contributed by atoms with Gasteiger partial charge in [0.1, 0.15) is 5.01 Å². The van der Waals surface area contributed by atoms with Gasteiger partial charge in [-0.25, -0.2) is 9.78 Å². The van der Waals surface area contributed by atoms with Crippen LogP contribution in [-0.2, 0) is 0 Å². The first-order chi connectivity index (χ1) is 7.16. The second kappa shape index (κ2) is 4.28. The maximum atomic E-state index is 10.8. The molecular weight excluding hydrogens is 325 g/mol. The topological polar surface area (TPSA) is 50.2 Å². The van der Waals surface area contributed by atoms with E-state index in [0.717, 1.165) is 13.5 Å². The summed E-state index contributed by atoms with van der Waals surface area (Å²) in [4.78, 5) is 15.0. The maximum Gasteiger partial charge on any atom is 0.335 e. The Kier molecular flexibility index (Phi) is 3.01. The van der Waals surface area contributed by atoms with Gasteiger partial charge in [-0.1, -0.05) is 12.1 Å². The third-order valence-electron chi connectivity index (χ3n) is 1.83. The van der Waals surface area contributed by atoms with E-state index in [-0.39, 0.29) is 5.56 Å². The second-order valence-corrected chi connectivity index (χ2v) is 5.78. The Hall–Kier alpha value is -0.950. The molecular formula is C10H6INO2S. The summed E-state index contributed by atoms with van der Waals surface area (Å²) in [7, 11) is 0. The molecule has 0 unspecified atom stereocenters. The first-order valence-corrected chi connectivity index (χ1v) is 6.01. The first kappa shape index (κ1) is 10.6. The number of thiazole rings is 1. The highest BCUT2D eigenvalue weighted by Gasteiger charge is 2.07. The van der Waals surface area contributed by atoms with E-state index in [1.807, 2.05) is 6.07 Å². The number of halogens is 1. The van der Waals surface area contributed by atoms with E-state index in [2.05, 4.69) is 27.6 Å². The molecule has 0 radical (unpaired) electrons. The number of aromatic carboxylic acids is 1. The minimum absolute atomic E-state index is 0.290. The zero-order valence-corrected chi connectivity index (χ0v) is 10.4. The van der Waals surface area contributed by atoms with Crippen LogP contribution >= 0.6 is 33.9 Å². The summed E-state index contributed by atoms with van der Waals surface area (Å²) in [5, 5.41) is 9.69. The van der Waals surface area contributed by atoms with Crippen LogP contribution in [0.1, 0.15) is 10.4 Å². The second-order valence-electron chi connectivity index (χ2n) is 2.86. The molecule has 1 aromatic carbocycles. The molecule has 76 valence electrons. The standard InChI is InChI=1S/C10H6INO2S/c11-8-5-12-9(15-8)6-2-1-3-7(4-6)10(13)14/h1-5H,(H,13,14). The van der Waals surface area contributed by atoms with Gasteiger partial charge in [-0.15, -0.1) is 11.3 Å². The van der Waals surface area contributed by atoms with E-state index in [1.165, 1.54) is 0 Å². The Morgan fingerprint density at radius 1 is 1.47 bits per heavy atom. The average Bonchev–Trinajstić information content (AvgIpc) is 2.65. The largest absolute Gasteiger partial charge is 0.478 e. The van der Waals surface area contributed by atoms with Crippen molar-refractivity contribution >= 4 is 39.9 Å². The highest BCUT2D eigenvalue weighted by atomic mass is 127. The van der Waals surface area contributed by atoms with Crippen LogP contribution in [-0.4, -0.2) is 16.1 Å². The lowest BCUT2D eigenvalue weighted by Gasteiger charge is -1.97. The Labute approximate surface area is 104 Å². The van der Waals surface area contributed by atoms with Crippen molar-refractivity contribution in [3.8, 4) is 10.6 Å². The van der Waals surface area contributed by atoms with Crippen LogP contribution in [0, 0.1) is 2.88 Å². The number of rotatable bonds is 2. The highest BCUT2D eigenvalue weighted by Crippen LogP contribution is 2.26. The Morgan fingerprint density at radius 2 is 2.27 bits per heavy atom. The Balaban J connectivity index is 2.45. The van der Waals surface area contributed by atoms with Gasteiger partial charge >= 0.3 is 5.97 Å². The van der Waals surface area contributed by atoms with Crippen molar-refractivity contribution < 1.29 is 9.90 Å². The molecule has 0 fully saturated rings. The van der Waals surface area contributed by atoms with Crippen molar-refractivity contribution in [2.24, 2.45) is 0 Å². The summed E-state index contributed by atoms with van der Waals surface area (Å²) in [6.07, 6.45) is 1.77. The Morgan fingerprint density at radius 3 is 2.87 bits per heavy atom. The predicted octanol–water partition coefficient (Wildman–Crippen LogP) is 3.11. The molecule has 2 aromatic rings. The lowest BCUT2D eigenvalue weighted by Crippen LogP contribution is -1.95. The molecule has 0 saturated carbocycles. The van der Waals surface area contributed by atoms with Crippen molar-refractivity contribution in [3.05, 3.63) is 38.9 Å². The van der Waals surface area contributed by atoms with E-state index in [1.54, 1.807) is 35.7 Å².